The molecule has 2 heterocycles. The van der Waals surface area contributed by atoms with E-state index in [4.69, 9.17) is 10.5 Å². The Labute approximate surface area is 157 Å². The molecule has 1 amide bonds. The Hall–Kier alpha value is -3.26. The number of nitrogens with two attached hydrogens (primary N) is 1. The van der Waals surface area contributed by atoms with Gasteiger partial charge in [-0.05, 0) is 37.3 Å². The third kappa shape index (κ3) is 4.12. The first-order chi connectivity index (χ1) is 13.2. The molecule has 0 unspecified atom stereocenters. The molecule has 2 aromatic heterocycles. The Morgan fingerprint density at radius 3 is 2.89 bits per heavy atom. The van der Waals surface area contributed by atoms with Gasteiger partial charge in [0.1, 0.15) is 17.3 Å². The Morgan fingerprint density at radius 2 is 2.15 bits per heavy atom. The van der Waals surface area contributed by atoms with E-state index in [0.29, 0.717) is 42.5 Å². The lowest BCUT2D eigenvalue weighted by atomic mass is 10.1. The van der Waals surface area contributed by atoms with Crippen LogP contribution in [0.25, 0.3) is 11.3 Å². The van der Waals surface area contributed by atoms with Gasteiger partial charge in [-0.15, -0.1) is 5.10 Å². The molecule has 0 saturated heterocycles. The highest BCUT2D eigenvalue weighted by molar-refractivity contribution is 6.06. The normalized spacial score (nSPS) is 10.6. The molecule has 0 bridgehead atoms. The van der Waals surface area contributed by atoms with Crippen LogP contribution in [-0.4, -0.2) is 46.1 Å². The number of hydrogen-bond donors (Lipinski definition) is 1. The number of amides is 1. The summed E-state index contributed by atoms with van der Waals surface area (Å²) in [6.07, 6.45) is 3.49. The standard InChI is InChI=1S/C19H22N6O2/c1-3-25(19(26)15-5-4-6-16(11-15)27-2)18-12-14(7-9-21-18)17-13-24(10-8-20)23-22-17/h4-7,9,11-13H,3,8,10,20H2,1-2H3. The molecule has 1 aromatic carbocycles. The van der Waals surface area contributed by atoms with E-state index in [-0.39, 0.29) is 5.91 Å². The van der Waals surface area contributed by atoms with E-state index in [1.54, 1.807) is 47.2 Å². The van der Waals surface area contributed by atoms with E-state index >= 15 is 0 Å². The molecule has 8 heteroatoms. The first-order valence-electron chi connectivity index (χ1n) is 8.68. The molecular weight excluding hydrogens is 344 g/mol. The van der Waals surface area contributed by atoms with Gasteiger partial charge in [0, 0.05) is 30.4 Å². The van der Waals surface area contributed by atoms with Crippen molar-refractivity contribution >= 4 is 11.7 Å². The van der Waals surface area contributed by atoms with Crippen LogP contribution in [0.15, 0.2) is 48.8 Å². The van der Waals surface area contributed by atoms with E-state index in [9.17, 15) is 4.79 Å². The molecule has 3 aromatic rings. The van der Waals surface area contributed by atoms with Crippen molar-refractivity contribution in [3.05, 3.63) is 54.4 Å². The molecule has 0 aliphatic heterocycles. The minimum absolute atomic E-state index is 0.146. The van der Waals surface area contributed by atoms with Gasteiger partial charge in [0.2, 0.25) is 0 Å². The number of rotatable bonds is 7. The molecule has 3 rings (SSSR count). The summed E-state index contributed by atoms with van der Waals surface area (Å²) in [7, 11) is 1.57. The molecule has 0 radical (unpaired) electrons. The Morgan fingerprint density at radius 1 is 1.30 bits per heavy atom. The predicted molar refractivity (Wildman–Crippen MR) is 103 cm³/mol. The van der Waals surface area contributed by atoms with Gasteiger partial charge in [-0.2, -0.15) is 0 Å². The number of benzene rings is 1. The zero-order valence-corrected chi connectivity index (χ0v) is 15.4. The largest absolute Gasteiger partial charge is 0.497 e. The molecule has 0 fully saturated rings. The summed E-state index contributed by atoms with van der Waals surface area (Å²) in [5.41, 5.74) is 7.63. The van der Waals surface area contributed by atoms with Crippen LogP contribution in [0.1, 0.15) is 17.3 Å². The number of methoxy groups -OCH3 is 1. The number of ether oxygens (including phenoxy) is 1. The van der Waals surface area contributed by atoms with Crippen molar-refractivity contribution in [1.29, 1.82) is 0 Å². The van der Waals surface area contributed by atoms with E-state index in [2.05, 4.69) is 15.3 Å². The van der Waals surface area contributed by atoms with E-state index in [1.165, 1.54) is 0 Å². The third-order valence-corrected chi connectivity index (χ3v) is 4.09. The predicted octanol–water partition coefficient (Wildman–Crippen LogP) is 1.97. The number of carbonyl (C=O) groups excluding carboxylic acids is 1. The van der Waals surface area contributed by atoms with Gasteiger partial charge in [0.05, 0.1) is 19.9 Å². The molecule has 0 aliphatic rings. The first-order valence-corrected chi connectivity index (χ1v) is 8.68. The number of hydrogen-bond acceptors (Lipinski definition) is 6. The van der Waals surface area contributed by atoms with Crippen molar-refractivity contribution < 1.29 is 9.53 Å². The lowest BCUT2D eigenvalue weighted by Crippen LogP contribution is -2.31. The zero-order valence-electron chi connectivity index (χ0n) is 15.4. The van der Waals surface area contributed by atoms with Crippen molar-refractivity contribution in [3.63, 3.8) is 0 Å². The second kappa shape index (κ2) is 8.41. The number of carbonyl (C=O) groups is 1. The fraction of sp³-hybridized carbons (Fsp3) is 0.263. The average molecular weight is 366 g/mol. The smallest absolute Gasteiger partial charge is 0.259 e. The molecule has 2 N–H and O–H groups in total. The maximum Gasteiger partial charge on any atom is 0.259 e. The maximum absolute atomic E-state index is 13.0. The summed E-state index contributed by atoms with van der Waals surface area (Å²) in [4.78, 5) is 18.9. The molecular formula is C19H22N6O2. The molecule has 0 atom stereocenters. The van der Waals surface area contributed by atoms with Crippen LogP contribution in [0.3, 0.4) is 0 Å². The molecule has 0 spiro atoms. The molecule has 0 aliphatic carbocycles. The summed E-state index contributed by atoms with van der Waals surface area (Å²) in [5.74, 6) is 1.04. The summed E-state index contributed by atoms with van der Waals surface area (Å²) in [6, 6.07) is 10.7. The van der Waals surface area contributed by atoms with Gasteiger partial charge in [0.25, 0.3) is 5.91 Å². The molecule has 0 saturated carbocycles. The average Bonchev–Trinajstić information content (AvgIpc) is 3.18. The Kier molecular flexibility index (Phi) is 5.77. The lowest BCUT2D eigenvalue weighted by molar-refractivity contribution is 0.0987. The minimum atomic E-state index is -0.146. The van der Waals surface area contributed by atoms with Crippen LogP contribution in [0.5, 0.6) is 5.75 Å². The van der Waals surface area contributed by atoms with Crippen LogP contribution in [0.2, 0.25) is 0 Å². The van der Waals surface area contributed by atoms with Crippen LogP contribution >= 0.6 is 0 Å². The number of pyridine rings is 1. The van der Waals surface area contributed by atoms with Gasteiger partial charge in [-0.3, -0.25) is 14.4 Å². The quantitative estimate of drug-likeness (QED) is 0.686. The van der Waals surface area contributed by atoms with E-state index in [1.807, 2.05) is 25.3 Å². The van der Waals surface area contributed by atoms with Crippen molar-refractivity contribution in [1.82, 2.24) is 20.0 Å². The Bertz CT molecular complexity index is 924. The summed E-state index contributed by atoms with van der Waals surface area (Å²) in [6.45, 7) is 3.47. The monoisotopic (exact) mass is 366 g/mol. The van der Waals surface area contributed by atoms with Crippen molar-refractivity contribution in [2.24, 2.45) is 5.73 Å². The SMILES string of the molecule is CCN(C(=O)c1cccc(OC)c1)c1cc(-c2cn(CCN)nn2)ccn1. The topological polar surface area (TPSA) is 99.2 Å². The van der Waals surface area contributed by atoms with E-state index < -0.39 is 0 Å². The van der Waals surface area contributed by atoms with Crippen LogP contribution < -0.4 is 15.4 Å². The second-order valence-corrected chi connectivity index (χ2v) is 5.84. The zero-order chi connectivity index (χ0) is 19.2. The van der Waals surface area contributed by atoms with Crippen LogP contribution in [0, 0.1) is 0 Å². The van der Waals surface area contributed by atoms with Crippen molar-refractivity contribution in [3.8, 4) is 17.0 Å². The van der Waals surface area contributed by atoms with Gasteiger partial charge in [-0.25, -0.2) is 4.98 Å². The fourth-order valence-electron chi connectivity index (χ4n) is 2.72. The Balaban J connectivity index is 1.89. The van der Waals surface area contributed by atoms with Gasteiger partial charge < -0.3 is 10.5 Å². The number of anilines is 1. The summed E-state index contributed by atoms with van der Waals surface area (Å²) in [5, 5.41) is 8.22. The lowest BCUT2D eigenvalue weighted by Gasteiger charge is -2.20. The highest BCUT2D eigenvalue weighted by Crippen LogP contribution is 2.23. The minimum Gasteiger partial charge on any atom is -0.497 e. The van der Waals surface area contributed by atoms with Gasteiger partial charge in [0.15, 0.2) is 0 Å². The second-order valence-electron chi connectivity index (χ2n) is 5.84. The molecule has 140 valence electrons. The van der Waals surface area contributed by atoms with Crippen LogP contribution in [0.4, 0.5) is 5.82 Å². The van der Waals surface area contributed by atoms with E-state index in [0.717, 1.165) is 5.56 Å². The summed E-state index contributed by atoms with van der Waals surface area (Å²) < 4.78 is 6.90. The van der Waals surface area contributed by atoms with Gasteiger partial charge >= 0.3 is 0 Å². The first kappa shape index (κ1) is 18.5. The fourth-order valence-corrected chi connectivity index (χ4v) is 2.72. The highest BCUT2D eigenvalue weighted by Gasteiger charge is 2.18. The maximum atomic E-state index is 13.0. The van der Waals surface area contributed by atoms with Crippen molar-refractivity contribution in [2.75, 3.05) is 25.1 Å². The molecule has 27 heavy (non-hydrogen) atoms. The summed E-state index contributed by atoms with van der Waals surface area (Å²) >= 11 is 0. The van der Waals surface area contributed by atoms with Crippen molar-refractivity contribution in [2.45, 2.75) is 13.5 Å². The third-order valence-electron chi connectivity index (χ3n) is 4.09. The molecule has 8 nitrogen and oxygen atoms in total. The van der Waals surface area contributed by atoms with Crippen LogP contribution in [-0.2, 0) is 6.54 Å². The highest BCUT2D eigenvalue weighted by atomic mass is 16.5. The number of nitrogens with zero attached hydrogens (tertiary/aromatic N) is 5. The number of aromatic nitrogens is 4. The van der Waals surface area contributed by atoms with Gasteiger partial charge in [-0.1, -0.05) is 11.3 Å².